The molecule has 0 atom stereocenters. The Morgan fingerprint density at radius 3 is 2.08 bits per heavy atom. The van der Waals surface area contributed by atoms with E-state index in [1.165, 1.54) is 69.9 Å². The predicted octanol–water partition coefficient (Wildman–Crippen LogP) is 6.17. The minimum Gasteiger partial charge on any atom is -0.362 e. The summed E-state index contributed by atoms with van der Waals surface area (Å²) in [7, 11) is 0. The monoisotopic (exact) mass is 356 g/mol. The normalized spacial score (nSPS) is 10.6. The number of halogens is 2. The highest BCUT2D eigenvalue weighted by Crippen LogP contribution is 2.14. The molecular weight excluding hydrogens is 326 g/mol. The van der Waals surface area contributed by atoms with Crippen molar-refractivity contribution >= 4 is 23.0 Å². The Labute approximate surface area is 150 Å². The number of hydrogen-bond acceptors (Lipinski definition) is 1. The second kappa shape index (κ2) is 13.1. The summed E-state index contributed by atoms with van der Waals surface area (Å²) >= 11 is 5.12. The molecule has 0 aliphatic rings. The van der Waals surface area contributed by atoms with Crippen molar-refractivity contribution in [2.75, 3.05) is 11.9 Å². The first-order valence-corrected chi connectivity index (χ1v) is 9.54. The molecule has 1 aromatic carbocycles. The second-order valence-corrected chi connectivity index (χ2v) is 6.60. The third kappa shape index (κ3) is 9.81. The molecule has 0 bridgehead atoms. The van der Waals surface area contributed by atoms with Crippen molar-refractivity contribution in [1.82, 2.24) is 5.32 Å². The summed E-state index contributed by atoms with van der Waals surface area (Å²) in [5.41, 5.74) is 0.192. The van der Waals surface area contributed by atoms with E-state index in [9.17, 15) is 8.78 Å². The average molecular weight is 357 g/mol. The molecule has 0 saturated carbocycles. The molecule has 0 aliphatic heterocycles. The van der Waals surface area contributed by atoms with Crippen molar-refractivity contribution in [2.24, 2.45) is 0 Å². The van der Waals surface area contributed by atoms with Gasteiger partial charge in [-0.1, -0.05) is 64.7 Å². The van der Waals surface area contributed by atoms with Crippen LogP contribution in [0.5, 0.6) is 0 Å². The third-order valence-corrected chi connectivity index (χ3v) is 4.24. The maximum Gasteiger partial charge on any atom is 0.170 e. The van der Waals surface area contributed by atoms with Crippen LogP contribution in [-0.2, 0) is 0 Å². The molecule has 0 spiro atoms. The van der Waals surface area contributed by atoms with Crippen molar-refractivity contribution in [3.05, 3.63) is 29.8 Å². The van der Waals surface area contributed by atoms with E-state index in [1.807, 2.05) is 0 Å². The number of benzene rings is 1. The summed E-state index contributed by atoms with van der Waals surface area (Å²) in [4.78, 5) is 0. The van der Waals surface area contributed by atoms with Crippen molar-refractivity contribution in [3.8, 4) is 0 Å². The lowest BCUT2D eigenvalue weighted by Crippen LogP contribution is -2.29. The van der Waals surface area contributed by atoms with Gasteiger partial charge in [-0.3, -0.25) is 0 Å². The molecule has 2 N–H and O–H groups in total. The minimum absolute atomic E-state index is 0.192. The van der Waals surface area contributed by atoms with Crippen LogP contribution in [0.3, 0.4) is 0 Å². The van der Waals surface area contributed by atoms with Crippen LogP contribution in [0.1, 0.15) is 71.1 Å². The summed E-state index contributed by atoms with van der Waals surface area (Å²) in [5, 5.41) is 6.18. The van der Waals surface area contributed by atoms with Crippen LogP contribution in [-0.4, -0.2) is 11.7 Å². The van der Waals surface area contributed by atoms with Crippen LogP contribution in [0, 0.1) is 11.6 Å². The Balaban J connectivity index is 1.98. The minimum atomic E-state index is -0.641. The van der Waals surface area contributed by atoms with Gasteiger partial charge in [0.2, 0.25) is 0 Å². The van der Waals surface area contributed by atoms with E-state index < -0.39 is 11.6 Å². The van der Waals surface area contributed by atoms with E-state index in [0.29, 0.717) is 5.11 Å². The van der Waals surface area contributed by atoms with E-state index in [2.05, 4.69) is 17.6 Å². The highest BCUT2D eigenvalue weighted by Gasteiger charge is 2.05. The summed E-state index contributed by atoms with van der Waals surface area (Å²) in [6.45, 7) is 3.01. The molecule has 24 heavy (non-hydrogen) atoms. The molecule has 1 rings (SSSR count). The lowest BCUT2D eigenvalue weighted by atomic mass is 10.1. The summed E-state index contributed by atoms with van der Waals surface area (Å²) in [5.74, 6) is -1.24. The van der Waals surface area contributed by atoms with E-state index in [0.717, 1.165) is 19.0 Å². The first-order chi connectivity index (χ1) is 11.6. The van der Waals surface area contributed by atoms with Gasteiger partial charge in [0.25, 0.3) is 0 Å². The number of rotatable bonds is 12. The molecule has 0 saturated heterocycles. The zero-order chi connectivity index (χ0) is 17.6. The summed E-state index contributed by atoms with van der Waals surface area (Å²) < 4.78 is 26.3. The maximum atomic E-state index is 13.5. The van der Waals surface area contributed by atoms with E-state index in [-0.39, 0.29) is 5.69 Å². The Kier molecular flexibility index (Phi) is 11.4. The molecule has 136 valence electrons. The van der Waals surface area contributed by atoms with E-state index >= 15 is 0 Å². The Bertz CT molecular complexity index is 480. The highest BCUT2D eigenvalue weighted by atomic mass is 32.1. The predicted molar refractivity (Wildman–Crippen MR) is 102 cm³/mol. The average Bonchev–Trinajstić information content (AvgIpc) is 2.55. The van der Waals surface area contributed by atoms with Gasteiger partial charge in [0.05, 0.1) is 5.69 Å². The fourth-order valence-corrected chi connectivity index (χ4v) is 2.78. The fourth-order valence-electron chi connectivity index (χ4n) is 2.57. The number of hydrogen-bond donors (Lipinski definition) is 2. The Hall–Kier alpha value is -1.23. The molecule has 2 nitrogen and oxygen atoms in total. The number of anilines is 1. The topological polar surface area (TPSA) is 24.1 Å². The molecule has 0 radical (unpaired) electrons. The zero-order valence-corrected chi connectivity index (χ0v) is 15.5. The first kappa shape index (κ1) is 20.8. The van der Waals surface area contributed by atoms with Gasteiger partial charge in [-0.25, -0.2) is 8.78 Å². The van der Waals surface area contributed by atoms with Gasteiger partial charge >= 0.3 is 0 Å². The van der Waals surface area contributed by atoms with Crippen LogP contribution >= 0.6 is 12.2 Å². The third-order valence-electron chi connectivity index (χ3n) is 4.00. The lowest BCUT2D eigenvalue weighted by Gasteiger charge is -2.11. The van der Waals surface area contributed by atoms with Gasteiger partial charge in [-0.15, -0.1) is 0 Å². The summed E-state index contributed by atoms with van der Waals surface area (Å²) in [6, 6.07) is 3.39. The molecular formula is C19H30F2N2S. The molecule has 0 aliphatic carbocycles. The van der Waals surface area contributed by atoms with Crippen molar-refractivity contribution in [2.45, 2.75) is 71.1 Å². The largest absolute Gasteiger partial charge is 0.362 e. The molecule has 0 fully saturated rings. The molecule has 5 heteroatoms. The van der Waals surface area contributed by atoms with E-state index in [4.69, 9.17) is 12.2 Å². The molecule has 0 amide bonds. The molecule has 0 aromatic heterocycles. The van der Waals surface area contributed by atoms with Crippen molar-refractivity contribution in [1.29, 1.82) is 0 Å². The van der Waals surface area contributed by atoms with Gasteiger partial charge in [-0.2, -0.15) is 0 Å². The van der Waals surface area contributed by atoms with E-state index in [1.54, 1.807) is 0 Å². The Morgan fingerprint density at radius 2 is 1.50 bits per heavy atom. The SMILES string of the molecule is CCCCCCCCCCCCNC(=S)Nc1ccc(F)cc1F. The Morgan fingerprint density at radius 1 is 0.917 bits per heavy atom. The summed E-state index contributed by atoms with van der Waals surface area (Å²) in [6.07, 6.45) is 12.9. The maximum absolute atomic E-state index is 13.5. The van der Waals surface area contributed by atoms with Gasteiger partial charge in [0.15, 0.2) is 5.11 Å². The quantitative estimate of drug-likeness (QED) is 0.346. The van der Waals surface area contributed by atoms with Crippen molar-refractivity contribution < 1.29 is 8.78 Å². The number of nitrogens with one attached hydrogen (secondary N) is 2. The smallest absolute Gasteiger partial charge is 0.170 e. The molecule has 0 unspecified atom stereocenters. The van der Waals surface area contributed by atoms with Gasteiger partial charge < -0.3 is 10.6 Å². The fraction of sp³-hybridized carbons (Fsp3) is 0.632. The molecule has 1 aromatic rings. The van der Waals surface area contributed by atoms with Gasteiger partial charge in [0.1, 0.15) is 11.6 Å². The molecule has 0 heterocycles. The van der Waals surface area contributed by atoms with Gasteiger partial charge in [-0.05, 0) is 30.8 Å². The van der Waals surface area contributed by atoms with Crippen LogP contribution in [0.4, 0.5) is 14.5 Å². The first-order valence-electron chi connectivity index (χ1n) is 9.13. The van der Waals surface area contributed by atoms with Crippen LogP contribution in [0.25, 0.3) is 0 Å². The van der Waals surface area contributed by atoms with Gasteiger partial charge in [0, 0.05) is 12.6 Å². The number of unbranched alkanes of at least 4 members (excludes halogenated alkanes) is 9. The standard InChI is InChI=1S/C19H30F2N2S/c1-2-3-4-5-6-7-8-9-10-11-14-22-19(24)23-18-13-12-16(20)15-17(18)21/h12-13,15H,2-11,14H2,1H3,(H2,22,23,24). The highest BCUT2D eigenvalue weighted by molar-refractivity contribution is 7.80. The lowest BCUT2D eigenvalue weighted by molar-refractivity contribution is 0.555. The van der Waals surface area contributed by atoms with Crippen LogP contribution in [0.15, 0.2) is 18.2 Å². The van der Waals surface area contributed by atoms with Crippen LogP contribution < -0.4 is 10.6 Å². The van der Waals surface area contributed by atoms with Crippen molar-refractivity contribution in [3.63, 3.8) is 0 Å². The number of thiocarbonyl (C=S) groups is 1. The zero-order valence-electron chi connectivity index (χ0n) is 14.7. The van der Waals surface area contributed by atoms with Crippen LogP contribution in [0.2, 0.25) is 0 Å². The second-order valence-electron chi connectivity index (χ2n) is 6.19.